The van der Waals surface area contributed by atoms with Crippen molar-refractivity contribution in [2.24, 2.45) is 0 Å². The fourth-order valence-electron chi connectivity index (χ4n) is 2.37. The van der Waals surface area contributed by atoms with E-state index in [2.05, 4.69) is 54.9 Å². The van der Waals surface area contributed by atoms with Crippen LogP contribution in [0, 0.1) is 0 Å². The highest BCUT2D eigenvalue weighted by molar-refractivity contribution is 5.92. The van der Waals surface area contributed by atoms with Gasteiger partial charge in [0, 0.05) is 30.7 Å². The van der Waals surface area contributed by atoms with Gasteiger partial charge in [-0.1, -0.05) is 31.2 Å². The number of fused-ring (bicyclic) bond motifs is 1. The maximum absolute atomic E-state index is 4.74. The van der Waals surface area contributed by atoms with E-state index in [0.29, 0.717) is 0 Å². The number of aromatic nitrogens is 1. The number of nitrogens with one attached hydrogen (secondary N) is 1. The molecule has 0 saturated heterocycles. The van der Waals surface area contributed by atoms with Gasteiger partial charge in [-0.05, 0) is 25.6 Å². The van der Waals surface area contributed by atoms with Crippen molar-refractivity contribution in [2.45, 2.75) is 20.4 Å². The maximum Gasteiger partial charge on any atom is 0.0726 e. The fraction of sp³-hybridized carbons (Fsp3) is 0.353. The first-order valence-corrected chi connectivity index (χ1v) is 7.25. The standard InChI is InChI=1S/C17H23N3/c1-4-11-20(6-3)17-12-14(13-18-5-2)19-16-10-8-7-9-15(16)17/h4,7-10,12,18H,1,5-6,11,13H2,2-3H3. The van der Waals surface area contributed by atoms with E-state index in [-0.39, 0.29) is 0 Å². The average molecular weight is 269 g/mol. The van der Waals surface area contributed by atoms with E-state index >= 15 is 0 Å². The highest BCUT2D eigenvalue weighted by atomic mass is 15.1. The lowest BCUT2D eigenvalue weighted by Crippen LogP contribution is -2.23. The third-order valence-corrected chi connectivity index (χ3v) is 3.38. The minimum absolute atomic E-state index is 0.806. The summed E-state index contributed by atoms with van der Waals surface area (Å²) in [4.78, 5) is 7.06. The molecule has 3 heteroatoms. The third kappa shape index (κ3) is 3.17. The molecule has 0 aliphatic rings. The minimum atomic E-state index is 0.806. The van der Waals surface area contributed by atoms with Gasteiger partial charge in [-0.15, -0.1) is 6.58 Å². The Bertz CT molecular complexity index is 577. The fourth-order valence-corrected chi connectivity index (χ4v) is 2.37. The van der Waals surface area contributed by atoms with Gasteiger partial charge in [0.25, 0.3) is 0 Å². The first kappa shape index (κ1) is 14.5. The summed E-state index contributed by atoms with van der Waals surface area (Å²) in [5, 5.41) is 4.55. The Labute approximate surface area is 121 Å². The molecule has 0 amide bonds. The van der Waals surface area contributed by atoms with Gasteiger partial charge in [0.15, 0.2) is 0 Å². The topological polar surface area (TPSA) is 28.2 Å². The lowest BCUT2D eigenvalue weighted by molar-refractivity contribution is 0.712. The molecule has 1 aromatic carbocycles. The minimum Gasteiger partial charge on any atom is -0.367 e. The van der Waals surface area contributed by atoms with Gasteiger partial charge >= 0.3 is 0 Å². The summed E-state index contributed by atoms with van der Waals surface area (Å²) in [5.41, 5.74) is 3.38. The van der Waals surface area contributed by atoms with Crippen LogP contribution in [0.3, 0.4) is 0 Å². The highest BCUT2D eigenvalue weighted by Crippen LogP contribution is 2.26. The van der Waals surface area contributed by atoms with Crippen molar-refractivity contribution in [3.8, 4) is 0 Å². The molecular weight excluding hydrogens is 246 g/mol. The summed E-state index contributed by atoms with van der Waals surface area (Å²) in [6, 6.07) is 10.5. The van der Waals surface area contributed by atoms with Crippen LogP contribution in [0.2, 0.25) is 0 Å². The number of hydrogen-bond donors (Lipinski definition) is 1. The zero-order valence-electron chi connectivity index (χ0n) is 12.4. The molecule has 0 saturated carbocycles. The van der Waals surface area contributed by atoms with Crippen molar-refractivity contribution in [3.05, 3.63) is 48.7 Å². The summed E-state index contributed by atoms with van der Waals surface area (Å²) in [6.07, 6.45) is 1.95. The van der Waals surface area contributed by atoms with Gasteiger partial charge in [-0.3, -0.25) is 4.98 Å². The van der Waals surface area contributed by atoms with E-state index in [1.165, 1.54) is 11.1 Å². The van der Waals surface area contributed by atoms with Crippen molar-refractivity contribution in [3.63, 3.8) is 0 Å². The number of rotatable bonds is 7. The summed E-state index contributed by atoms with van der Waals surface area (Å²) < 4.78 is 0. The first-order chi connectivity index (χ1) is 9.80. The molecular formula is C17H23N3. The molecule has 0 unspecified atom stereocenters. The number of pyridine rings is 1. The van der Waals surface area contributed by atoms with Crippen LogP contribution in [-0.4, -0.2) is 24.6 Å². The van der Waals surface area contributed by atoms with Crippen LogP contribution in [0.5, 0.6) is 0 Å². The molecule has 1 aromatic heterocycles. The summed E-state index contributed by atoms with van der Waals surface area (Å²) in [6.45, 7) is 11.7. The number of anilines is 1. The number of likely N-dealkylation sites (N-methyl/N-ethyl adjacent to an activating group) is 1. The summed E-state index contributed by atoms with van der Waals surface area (Å²) in [5.74, 6) is 0. The van der Waals surface area contributed by atoms with E-state index in [0.717, 1.165) is 37.4 Å². The van der Waals surface area contributed by atoms with E-state index < -0.39 is 0 Å². The second-order valence-corrected chi connectivity index (χ2v) is 4.76. The van der Waals surface area contributed by atoms with Gasteiger partial charge in [0.05, 0.1) is 11.2 Å². The van der Waals surface area contributed by atoms with Gasteiger partial charge < -0.3 is 10.2 Å². The molecule has 0 spiro atoms. The molecule has 0 aliphatic heterocycles. The molecule has 20 heavy (non-hydrogen) atoms. The Balaban J connectivity index is 2.50. The SMILES string of the molecule is C=CCN(CC)c1cc(CNCC)nc2ccccc12. The Morgan fingerprint density at radius 3 is 2.80 bits per heavy atom. The summed E-state index contributed by atoms with van der Waals surface area (Å²) in [7, 11) is 0. The highest BCUT2D eigenvalue weighted by Gasteiger charge is 2.10. The quantitative estimate of drug-likeness (QED) is 0.781. The van der Waals surface area contributed by atoms with E-state index in [1.807, 2.05) is 12.1 Å². The molecule has 0 fully saturated rings. The molecule has 1 heterocycles. The largest absolute Gasteiger partial charge is 0.367 e. The molecule has 2 rings (SSSR count). The van der Waals surface area contributed by atoms with Crippen LogP contribution >= 0.6 is 0 Å². The van der Waals surface area contributed by atoms with Crippen LogP contribution in [0.4, 0.5) is 5.69 Å². The van der Waals surface area contributed by atoms with Gasteiger partial charge in [0.2, 0.25) is 0 Å². The van der Waals surface area contributed by atoms with Gasteiger partial charge in [0.1, 0.15) is 0 Å². The van der Waals surface area contributed by atoms with Gasteiger partial charge in [-0.2, -0.15) is 0 Å². The van der Waals surface area contributed by atoms with Crippen molar-refractivity contribution in [2.75, 3.05) is 24.5 Å². The molecule has 1 N–H and O–H groups in total. The Morgan fingerprint density at radius 2 is 2.10 bits per heavy atom. The molecule has 0 aliphatic carbocycles. The molecule has 0 bridgehead atoms. The average Bonchev–Trinajstić information content (AvgIpc) is 2.50. The first-order valence-electron chi connectivity index (χ1n) is 7.25. The predicted octanol–water partition coefficient (Wildman–Crippen LogP) is 3.36. The van der Waals surface area contributed by atoms with E-state index in [9.17, 15) is 0 Å². The third-order valence-electron chi connectivity index (χ3n) is 3.38. The Morgan fingerprint density at radius 1 is 1.30 bits per heavy atom. The Kier molecular flexibility index (Phi) is 5.13. The van der Waals surface area contributed by atoms with Gasteiger partial charge in [-0.25, -0.2) is 0 Å². The summed E-state index contributed by atoms with van der Waals surface area (Å²) >= 11 is 0. The Hall–Kier alpha value is -1.87. The molecule has 2 aromatic rings. The smallest absolute Gasteiger partial charge is 0.0726 e. The van der Waals surface area contributed by atoms with E-state index in [4.69, 9.17) is 4.98 Å². The maximum atomic E-state index is 4.74. The van der Waals surface area contributed by atoms with Crippen molar-refractivity contribution < 1.29 is 0 Å². The number of hydrogen-bond acceptors (Lipinski definition) is 3. The van der Waals surface area contributed by atoms with E-state index in [1.54, 1.807) is 0 Å². The van der Waals surface area contributed by atoms with Crippen LogP contribution in [0.1, 0.15) is 19.5 Å². The van der Waals surface area contributed by atoms with Crippen LogP contribution in [0.15, 0.2) is 43.0 Å². The number of benzene rings is 1. The number of para-hydroxylation sites is 1. The zero-order valence-corrected chi connectivity index (χ0v) is 12.4. The second kappa shape index (κ2) is 7.06. The van der Waals surface area contributed by atoms with Crippen LogP contribution < -0.4 is 10.2 Å². The van der Waals surface area contributed by atoms with Crippen molar-refractivity contribution >= 4 is 16.6 Å². The molecule has 0 radical (unpaired) electrons. The van der Waals surface area contributed by atoms with Crippen molar-refractivity contribution in [1.82, 2.24) is 10.3 Å². The molecule has 106 valence electrons. The number of nitrogens with zero attached hydrogens (tertiary/aromatic N) is 2. The monoisotopic (exact) mass is 269 g/mol. The normalized spacial score (nSPS) is 10.7. The lowest BCUT2D eigenvalue weighted by atomic mass is 10.1. The van der Waals surface area contributed by atoms with Crippen molar-refractivity contribution in [1.29, 1.82) is 0 Å². The zero-order chi connectivity index (χ0) is 14.4. The predicted molar refractivity (Wildman–Crippen MR) is 87.2 cm³/mol. The van der Waals surface area contributed by atoms with Crippen LogP contribution in [0.25, 0.3) is 10.9 Å². The molecule has 3 nitrogen and oxygen atoms in total. The lowest BCUT2D eigenvalue weighted by Gasteiger charge is -2.23. The second-order valence-electron chi connectivity index (χ2n) is 4.76. The van der Waals surface area contributed by atoms with Crippen LogP contribution in [-0.2, 0) is 6.54 Å². The molecule has 0 atom stereocenters.